The Morgan fingerprint density at radius 2 is 1.80 bits per heavy atom. The fourth-order valence-electron chi connectivity index (χ4n) is 4.33. The van der Waals surface area contributed by atoms with Crippen LogP contribution >= 0.6 is 0 Å². The van der Waals surface area contributed by atoms with Gasteiger partial charge in [0.25, 0.3) is 0 Å². The maximum Gasteiger partial charge on any atom is 0.317 e. The lowest BCUT2D eigenvalue weighted by Crippen LogP contribution is -2.42. The molecule has 1 aliphatic carbocycles. The lowest BCUT2D eigenvalue weighted by atomic mass is 10.1. The van der Waals surface area contributed by atoms with Crippen molar-refractivity contribution >= 4 is 6.03 Å². The van der Waals surface area contributed by atoms with Gasteiger partial charge in [0.05, 0.1) is 6.54 Å². The lowest BCUT2D eigenvalue weighted by Gasteiger charge is -2.21. The Kier molecular flexibility index (Phi) is 5.23. The summed E-state index contributed by atoms with van der Waals surface area (Å²) in [7, 11) is 4.24. The molecule has 2 aliphatic rings. The van der Waals surface area contributed by atoms with Crippen LogP contribution in [0, 0.1) is 38.5 Å². The molecule has 1 unspecified atom stereocenters. The second-order valence-corrected chi connectivity index (χ2v) is 7.97. The van der Waals surface area contributed by atoms with Crippen molar-refractivity contribution in [2.45, 2.75) is 20.8 Å². The largest absolute Gasteiger partial charge is 0.491 e. The molecular formula is C20H31N3O2. The number of nitrogens with one attached hydrogen (secondary N) is 1. The quantitative estimate of drug-likeness (QED) is 0.806. The molecule has 0 aromatic heterocycles. The molecule has 1 aliphatic heterocycles. The van der Waals surface area contributed by atoms with Crippen LogP contribution in [0.3, 0.4) is 0 Å². The minimum Gasteiger partial charge on any atom is -0.491 e. The number of benzene rings is 1. The van der Waals surface area contributed by atoms with Crippen LogP contribution in [0.4, 0.5) is 4.79 Å². The van der Waals surface area contributed by atoms with Gasteiger partial charge in [-0.15, -0.1) is 0 Å². The van der Waals surface area contributed by atoms with Crippen LogP contribution in [-0.4, -0.2) is 62.7 Å². The summed E-state index contributed by atoms with van der Waals surface area (Å²) in [5, 5.41) is 2.99. The van der Waals surface area contributed by atoms with Crippen molar-refractivity contribution in [1.82, 2.24) is 15.1 Å². The molecule has 138 valence electrons. The third kappa shape index (κ3) is 4.09. The minimum absolute atomic E-state index is 0.0525. The van der Waals surface area contributed by atoms with E-state index in [4.69, 9.17) is 4.74 Å². The molecule has 2 amide bonds. The topological polar surface area (TPSA) is 44.8 Å². The Labute approximate surface area is 151 Å². The first-order valence-corrected chi connectivity index (χ1v) is 9.25. The van der Waals surface area contributed by atoms with E-state index in [2.05, 4.69) is 57.2 Å². The summed E-state index contributed by atoms with van der Waals surface area (Å²) in [4.78, 5) is 16.5. The number of hydrogen-bond acceptors (Lipinski definition) is 3. The predicted octanol–water partition coefficient (Wildman–Crippen LogP) is 2.44. The highest BCUT2D eigenvalue weighted by Crippen LogP contribution is 2.51. The minimum atomic E-state index is 0.0525. The monoisotopic (exact) mass is 345 g/mol. The summed E-state index contributed by atoms with van der Waals surface area (Å²) in [5.74, 6) is 3.15. The van der Waals surface area contributed by atoms with E-state index >= 15 is 0 Å². The maximum absolute atomic E-state index is 12.3. The van der Waals surface area contributed by atoms with Crippen molar-refractivity contribution in [3.63, 3.8) is 0 Å². The standard InChI is InChI=1S/C20H31N3O2/c1-13-8-14(2)19(15(3)9-13)25-7-6-21-20(24)23-11-17-16(10-22(4)5)18(17)12-23/h8-9,16-18H,6-7,10-12H2,1-5H3,(H,21,24)/t16?,17-,18+. The number of urea groups is 1. The van der Waals surface area contributed by atoms with Crippen molar-refractivity contribution in [2.24, 2.45) is 17.8 Å². The molecule has 1 heterocycles. The van der Waals surface area contributed by atoms with Gasteiger partial charge in [-0.05, 0) is 63.7 Å². The Hall–Kier alpha value is -1.75. The summed E-state index contributed by atoms with van der Waals surface area (Å²) >= 11 is 0. The summed E-state index contributed by atoms with van der Waals surface area (Å²) in [6.45, 7) is 10.2. The molecule has 2 fully saturated rings. The first-order valence-electron chi connectivity index (χ1n) is 9.25. The molecular weight excluding hydrogens is 314 g/mol. The van der Waals surface area contributed by atoms with E-state index in [0.717, 1.165) is 42.4 Å². The Bertz CT molecular complexity index is 609. The average molecular weight is 345 g/mol. The van der Waals surface area contributed by atoms with Crippen molar-refractivity contribution in [1.29, 1.82) is 0 Å². The maximum atomic E-state index is 12.3. The van der Waals surface area contributed by atoms with E-state index in [9.17, 15) is 4.79 Å². The summed E-state index contributed by atoms with van der Waals surface area (Å²) in [6.07, 6.45) is 0. The molecule has 0 radical (unpaired) electrons. The molecule has 25 heavy (non-hydrogen) atoms. The van der Waals surface area contributed by atoms with Gasteiger partial charge in [0.1, 0.15) is 12.4 Å². The Morgan fingerprint density at radius 3 is 2.36 bits per heavy atom. The van der Waals surface area contributed by atoms with Gasteiger partial charge in [-0.2, -0.15) is 0 Å². The van der Waals surface area contributed by atoms with Crippen LogP contribution in [0.15, 0.2) is 12.1 Å². The van der Waals surface area contributed by atoms with Crippen LogP contribution in [0.5, 0.6) is 5.75 Å². The van der Waals surface area contributed by atoms with E-state index in [0.29, 0.717) is 25.0 Å². The van der Waals surface area contributed by atoms with E-state index in [1.807, 2.05) is 4.90 Å². The number of ether oxygens (including phenoxy) is 1. The van der Waals surface area contributed by atoms with Crippen LogP contribution < -0.4 is 10.1 Å². The first kappa shape index (κ1) is 18.1. The lowest BCUT2D eigenvalue weighted by molar-refractivity contribution is 0.195. The molecule has 5 nitrogen and oxygen atoms in total. The second-order valence-electron chi connectivity index (χ2n) is 7.97. The molecule has 3 atom stereocenters. The number of fused-ring (bicyclic) bond motifs is 1. The van der Waals surface area contributed by atoms with Gasteiger partial charge in [-0.1, -0.05) is 17.7 Å². The first-order chi connectivity index (χ1) is 11.9. The molecule has 3 rings (SSSR count). The van der Waals surface area contributed by atoms with Gasteiger partial charge >= 0.3 is 6.03 Å². The number of rotatable bonds is 6. The van der Waals surface area contributed by atoms with Crippen LogP contribution in [0.1, 0.15) is 16.7 Å². The van der Waals surface area contributed by atoms with Crippen molar-refractivity contribution < 1.29 is 9.53 Å². The second kappa shape index (κ2) is 7.24. The molecule has 5 heteroatoms. The Morgan fingerprint density at radius 1 is 1.20 bits per heavy atom. The molecule has 1 aromatic rings. The van der Waals surface area contributed by atoms with Gasteiger partial charge in [0.2, 0.25) is 0 Å². The number of aryl methyl sites for hydroxylation is 3. The third-order valence-corrected chi connectivity index (χ3v) is 5.46. The fraction of sp³-hybridized carbons (Fsp3) is 0.650. The van der Waals surface area contributed by atoms with E-state index < -0.39 is 0 Å². The van der Waals surface area contributed by atoms with Crippen molar-refractivity contribution in [3.05, 3.63) is 28.8 Å². The van der Waals surface area contributed by atoms with Crippen LogP contribution in [0.2, 0.25) is 0 Å². The van der Waals surface area contributed by atoms with Gasteiger partial charge in [-0.3, -0.25) is 0 Å². The number of carbonyl (C=O) groups is 1. The summed E-state index contributed by atoms with van der Waals surface area (Å²) in [6, 6.07) is 4.31. The summed E-state index contributed by atoms with van der Waals surface area (Å²) < 4.78 is 5.89. The number of amides is 2. The highest BCUT2D eigenvalue weighted by atomic mass is 16.5. The number of piperidine rings is 1. The highest BCUT2D eigenvalue weighted by molar-refractivity contribution is 5.74. The van der Waals surface area contributed by atoms with Gasteiger partial charge in [-0.25, -0.2) is 4.79 Å². The SMILES string of the molecule is Cc1cc(C)c(OCCNC(=O)N2C[C@@H]3C(CN(C)C)[C@@H]3C2)c(C)c1. The van der Waals surface area contributed by atoms with Gasteiger partial charge in [0.15, 0.2) is 0 Å². The molecule has 1 N–H and O–H groups in total. The summed E-state index contributed by atoms with van der Waals surface area (Å²) in [5.41, 5.74) is 3.54. The zero-order chi connectivity index (χ0) is 18.1. The smallest absolute Gasteiger partial charge is 0.317 e. The predicted molar refractivity (Wildman–Crippen MR) is 100 cm³/mol. The van der Waals surface area contributed by atoms with E-state index in [1.165, 1.54) is 5.56 Å². The van der Waals surface area contributed by atoms with E-state index in [1.54, 1.807) is 0 Å². The van der Waals surface area contributed by atoms with Gasteiger partial charge < -0.3 is 19.9 Å². The molecule has 0 bridgehead atoms. The van der Waals surface area contributed by atoms with Gasteiger partial charge in [0, 0.05) is 19.6 Å². The zero-order valence-corrected chi connectivity index (χ0v) is 16.1. The number of carbonyl (C=O) groups excluding carboxylic acids is 1. The normalized spacial score (nSPS) is 24.4. The number of nitrogens with zero attached hydrogens (tertiary/aromatic N) is 2. The third-order valence-electron chi connectivity index (χ3n) is 5.46. The number of likely N-dealkylation sites (tertiary alicyclic amines) is 1. The zero-order valence-electron chi connectivity index (χ0n) is 16.1. The molecule has 0 spiro atoms. The Balaban J connectivity index is 1.37. The highest BCUT2D eigenvalue weighted by Gasteiger charge is 2.56. The molecule has 1 saturated heterocycles. The number of hydrogen-bond donors (Lipinski definition) is 1. The van der Waals surface area contributed by atoms with Crippen LogP contribution in [0.25, 0.3) is 0 Å². The molecule has 1 saturated carbocycles. The van der Waals surface area contributed by atoms with Crippen molar-refractivity contribution in [2.75, 3.05) is 46.9 Å². The van der Waals surface area contributed by atoms with Crippen LogP contribution in [-0.2, 0) is 0 Å². The van der Waals surface area contributed by atoms with E-state index in [-0.39, 0.29) is 6.03 Å². The average Bonchev–Trinajstić information content (AvgIpc) is 2.95. The fourth-order valence-corrected chi connectivity index (χ4v) is 4.33. The molecule has 1 aromatic carbocycles. The van der Waals surface area contributed by atoms with Crippen molar-refractivity contribution in [3.8, 4) is 5.75 Å².